The number of cyclic esters (lactones) is 2. The van der Waals surface area contributed by atoms with E-state index in [4.69, 9.17) is 41.7 Å². The first-order valence-electron chi connectivity index (χ1n) is 21.2. The van der Waals surface area contributed by atoms with E-state index in [0.717, 1.165) is 31.0 Å². The summed E-state index contributed by atoms with van der Waals surface area (Å²) in [4.78, 5) is 13.3. The molecular formula is C42H83IO10Si3. The van der Waals surface area contributed by atoms with Crippen molar-refractivity contribution in [2.24, 2.45) is 11.8 Å². The van der Waals surface area contributed by atoms with Crippen LogP contribution >= 0.6 is 22.6 Å². The molecule has 2 heterocycles. The van der Waals surface area contributed by atoms with Gasteiger partial charge in [0.2, 0.25) is 5.79 Å². The first-order valence-corrected chi connectivity index (χ1v) is 30.6. The summed E-state index contributed by atoms with van der Waals surface area (Å²) < 4.78 is 61.0. The summed E-state index contributed by atoms with van der Waals surface area (Å²) in [6.45, 7) is 36.2. The molecule has 14 heteroatoms. The topological polar surface area (TPSA) is 100 Å². The lowest BCUT2D eigenvalue weighted by Crippen LogP contribution is -2.67. The van der Waals surface area contributed by atoms with Crippen LogP contribution in [0.4, 0.5) is 4.79 Å². The molecule has 0 amide bonds. The van der Waals surface area contributed by atoms with Gasteiger partial charge in [0.05, 0.1) is 37.1 Å². The fourth-order valence-electron chi connectivity index (χ4n) is 7.82. The van der Waals surface area contributed by atoms with Crippen LogP contribution in [-0.4, -0.2) is 108 Å². The van der Waals surface area contributed by atoms with Crippen molar-refractivity contribution in [2.75, 3.05) is 27.9 Å². The van der Waals surface area contributed by atoms with E-state index in [1.165, 1.54) is 3.58 Å². The summed E-state index contributed by atoms with van der Waals surface area (Å²) in [6, 6.07) is 3.09. The average Bonchev–Trinajstić information content (AvgIpc) is 3.47. The van der Waals surface area contributed by atoms with Crippen LogP contribution in [-0.2, 0) is 41.7 Å². The second kappa shape index (κ2) is 21.3. The molecule has 56 heavy (non-hydrogen) atoms. The first kappa shape index (κ1) is 52.2. The molecular weight excluding hydrogens is 876 g/mol. The molecule has 0 saturated carbocycles. The molecule has 2 saturated heterocycles. The number of allylic oxidation sites excluding steroid dienone is 2. The lowest BCUT2D eigenvalue weighted by atomic mass is 9.76. The van der Waals surface area contributed by atoms with E-state index in [1.807, 2.05) is 0 Å². The lowest BCUT2D eigenvalue weighted by molar-refractivity contribution is -0.359. The van der Waals surface area contributed by atoms with Crippen LogP contribution in [0.2, 0.25) is 54.4 Å². The molecule has 0 aliphatic carbocycles. The molecule has 0 aromatic heterocycles. The Hall–Kier alpha value is 0.111. The van der Waals surface area contributed by atoms with E-state index in [-0.39, 0.29) is 52.4 Å². The van der Waals surface area contributed by atoms with Gasteiger partial charge in [0.15, 0.2) is 37.2 Å². The maximum Gasteiger partial charge on any atom is 0.509 e. The molecule has 0 N–H and O–H groups in total. The Morgan fingerprint density at radius 2 is 1.43 bits per heavy atom. The standard InChI is InChI=1S/C42H83IO10Si3/c1-20-56(21-2,22-3)51-32(28-45-13)26-34-30(5)37(53-55(18,19)41(10,11)12)31(6)42(47-15,50-34)38-36(48-39(44)49-38)27-35(46-14)33(25-23-24-29(4)43)52-54(16,17)40(7,8)9/h24,30-38H,20-23,25-28H2,1-19H3/b29-24-/t30-,31+,32+,33-,34+,35-,36-,37-,38+,42+/m0/s1. The number of methoxy groups -OCH3 is 3. The van der Waals surface area contributed by atoms with Gasteiger partial charge in [-0.3, -0.25) is 0 Å². The zero-order valence-electron chi connectivity index (χ0n) is 38.9. The second-order valence-electron chi connectivity index (χ2n) is 19.5. The number of hydrogen-bond acceptors (Lipinski definition) is 10. The number of halogens is 1. The van der Waals surface area contributed by atoms with E-state index in [9.17, 15) is 4.79 Å². The Labute approximate surface area is 359 Å². The molecule has 0 aromatic rings. The molecule has 10 atom stereocenters. The van der Waals surface area contributed by atoms with Crippen molar-refractivity contribution in [1.29, 1.82) is 0 Å². The number of hydrogen-bond donors (Lipinski definition) is 0. The monoisotopic (exact) mass is 958 g/mol. The highest BCUT2D eigenvalue weighted by Gasteiger charge is 2.64. The van der Waals surface area contributed by atoms with Crippen LogP contribution in [0.25, 0.3) is 0 Å². The predicted octanol–water partition coefficient (Wildman–Crippen LogP) is 11.6. The fourth-order valence-corrected chi connectivity index (χ4v) is 13.8. The predicted molar refractivity (Wildman–Crippen MR) is 243 cm³/mol. The number of carbonyl (C=O) groups is 1. The van der Waals surface area contributed by atoms with E-state index in [0.29, 0.717) is 19.4 Å². The van der Waals surface area contributed by atoms with Gasteiger partial charge in [-0.15, -0.1) is 0 Å². The average molecular weight is 959 g/mol. The minimum absolute atomic E-state index is 0.00169. The highest BCUT2D eigenvalue weighted by molar-refractivity contribution is 14.1. The van der Waals surface area contributed by atoms with Crippen molar-refractivity contribution in [3.63, 3.8) is 0 Å². The summed E-state index contributed by atoms with van der Waals surface area (Å²) in [6.07, 6.45) is 0.994. The van der Waals surface area contributed by atoms with Gasteiger partial charge in [0, 0.05) is 46.0 Å². The van der Waals surface area contributed by atoms with Gasteiger partial charge in [-0.1, -0.05) is 82.2 Å². The van der Waals surface area contributed by atoms with Crippen molar-refractivity contribution in [3.8, 4) is 0 Å². The summed E-state index contributed by atoms with van der Waals surface area (Å²) >= 11 is 2.35. The van der Waals surface area contributed by atoms with Crippen molar-refractivity contribution in [3.05, 3.63) is 9.66 Å². The van der Waals surface area contributed by atoms with Gasteiger partial charge in [0.25, 0.3) is 0 Å². The van der Waals surface area contributed by atoms with Gasteiger partial charge in [-0.05, 0) is 100 Å². The number of rotatable bonds is 22. The number of ether oxygens (including phenoxy) is 6. The largest absolute Gasteiger partial charge is 0.509 e. The molecule has 0 spiro atoms. The van der Waals surface area contributed by atoms with Crippen LogP contribution in [0.15, 0.2) is 9.66 Å². The Morgan fingerprint density at radius 3 is 1.89 bits per heavy atom. The SMILES string of the molecule is CC[Si](CC)(CC)O[C@@H](COC)C[C@H]1O[C@@](OC)([C@@H]2OC(=O)O[C@H]2C[C@H](OC)[C@H](CC/C=C(/C)I)O[Si](C)(C)C(C)(C)C)[C@H](C)[C@@H](O[Si](C)(C)C(C)(C)C)[C@H]1C. The van der Waals surface area contributed by atoms with Crippen LogP contribution in [0, 0.1) is 11.8 Å². The maximum absolute atomic E-state index is 13.3. The van der Waals surface area contributed by atoms with Crippen LogP contribution in [0.3, 0.4) is 0 Å². The Morgan fingerprint density at radius 1 is 0.857 bits per heavy atom. The van der Waals surface area contributed by atoms with Crippen LogP contribution in [0.1, 0.15) is 109 Å². The molecule has 0 radical (unpaired) electrons. The van der Waals surface area contributed by atoms with Gasteiger partial charge in [0.1, 0.15) is 0 Å². The Balaban J connectivity index is 2.70. The zero-order valence-corrected chi connectivity index (χ0v) is 44.0. The van der Waals surface area contributed by atoms with Crippen LogP contribution in [0.5, 0.6) is 0 Å². The molecule has 2 fully saturated rings. The van der Waals surface area contributed by atoms with Gasteiger partial charge >= 0.3 is 6.16 Å². The number of carbonyl (C=O) groups excluding carboxylic acids is 1. The highest BCUT2D eigenvalue weighted by atomic mass is 127. The normalized spacial score (nSPS) is 28.9. The van der Waals surface area contributed by atoms with Crippen molar-refractivity contribution < 1.29 is 46.5 Å². The third-order valence-electron chi connectivity index (χ3n) is 13.8. The quantitative estimate of drug-likeness (QED) is 0.0592. The van der Waals surface area contributed by atoms with Crippen molar-refractivity contribution in [1.82, 2.24) is 0 Å². The van der Waals surface area contributed by atoms with Gasteiger partial charge < -0.3 is 41.7 Å². The summed E-state index contributed by atoms with van der Waals surface area (Å²) in [5.41, 5.74) is 0. The maximum atomic E-state index is 13.3. The van der Waals surface area contributed by atoms with E-state index < -0.39 is 49.1 Å². The van der Waals surface area contributed by atoms with E-state index >= 15 is 0 Å². The third kappa shape index (κ3) is 12.8. The third-order valence-corrected chi connectivity index (χ3v) is 28.0. The van der Waals surface area contributed by atoms with Crippen LogP contribution < -0.4 is 0 Å². The molecule has 2 aliphatic heterocycles. The molecule has 0 unspecified atom stereocenters. The zero-order chi connectivity index (χ0) is 43.1. The first-order chi connectivity index (χ1) is 25.7. The molecule has 330 valence electrons. The van der Waals surface area contributed by atoms with Crippen molar-refractivity contribution in [2.45, 2.75) is 212 Å². The minimum atomic E-state index is -2.31. The summed E-state index contributed by atoms with van der Waals surface area (Å²) in [7, 11) is -1.41. The molecule has 0 aromatic carbocycles. The summed E-state index contributed by atoms with van der Waals surface area (Å²) in [5.74, 6) is -1.74. The lowest BCUT2D eigenvalue weighted by Gasteiger charge is -2.55. The highest BCUT2D eigenvalue weighted by Crippen LogP contribution is 2.50. The Bertz CT molecular complexity index is 1240. The molecule has 10 nitrogen and oxygen atoms in total. The minimum Gasteiger partial charge on any atom is -0.427 e. The smallest absolute Gasteiger partial charge is 0.427 e. The molecule has 0 bridgehead atoms. The molecule has 2 aliphatic rings. The van der Waals surface area contributed by atoms with Gasteiger partial charge in [-0.2, -0.15) is 0 Å². The van der Waals surface area contributed by atoms with Crippen molar-refractivity contribution >= 4 is 53.7 Å². The van der Waals surface area contributed by atoms with Gasteiger partial charge in [-0.25, -0.2) is 4.79 Å². The van der Waals surface area contributed by atoms with E-state index in [2.05, 4.69) is 138 Å². The van der Waals surface area contributed by atoms with E-state index in [1.54, 1.807) is 21.3 Å². The summed E-state index contributed by atoms with van der Waals surface area (Å²) in [5, 5.41) is -0.0358. The second-order valence-corrected chi connectivity index (χ2v) is 35.4. The molecule has 2 rings (SSSR count). The fraction of sp³-hybridized carbons (Fsp3) is 0.929. The Kier molecular flexibility index (Phi) is 19.8.